The van der Waals surface area contributed by atoms with Crippen LogP contribution in [0.25, 0.3) is 0 Å². The number of nitrogen functional groups attached to an aromatic ring is 1. The first-order chi connectivity index (χ1) is 8.08. The van der Waals surface area contributed by atoms with Gasteiger partial charge >= 0.3 is 0 Å². The highest BCUT2D eigenvalue weighted by Crippen LogP contribution is 2.19. The molecule has 0 radical (unpaired) electrons. The average molecular weight is 301 g/mol. The summed E-state index contributed by atoms with van der Waals surface area (Å²) in [7, 11) is 0. The van der Waals surface area contributed by atoms with E-state index in [1.807, 2.05) is 13.8 Å². The molecule has 1 aromatic rings. The molecule has 0 aliphatic carbocycles. The van der Waals surface area contributed by atoms with Crippen LogP contribution in [0, 0.1) is 0 Å². The van der Waals surface area contributed by atoms with Crippen LogP contribution in [-0.4, -0.2) is 35.4 Å². The molecule has 0 atom stereocenters. The Balaban J connectivity index is 2.58. The van der Waals surface area contributed by atoms with Crippen molar-refractivity contribution >= 4 is 33.3 Å². The number of nitrogens with two attached hydrogens (primary N) is 1. The Morgan fingerprint density at radius 2 is 2.18 bits per heavy atom. The van der Waals surface area contributed by atoms with Crippen molar-refractivity contribution in [2.75, 3.05) is 30.7 Å². The Morgan fingerprint density at radius 3 is 2.71 bits per heavy atom. The Kier molecular flexibility index (Phi) is 5.21. The van der Waals surface area contributed by atoms with Crippen molar-refractivity contribution in [1.82, 2.24) is 9.88 Å². The first-order valence-electron chi connectivity index (χ1n) is 5.51. The lowest BCUT2D eigenvalue weighted by atomic mass is 10.4. The lowest BCUT2D eigenvalue weighted by molar-refractivity contribution is -0.128. The number of carbonyl (C=O) groups excluding carboxylic acids is 1. The summed E-state index contributed by atoms with van der Waals surface area (Å²) in [6, 6.07) is 1.75. The van der Waals surface area contributed by atoms with Crippen molar-refractivity contribution in [2.45, 2.75) is 13.8 Å². The van der Waals surface area contributed by atoms with Gasteiger partial charge in [-0.15, -0.1) is 0 Å². The Bertz CT molecular complexity index is 393. The number of carbonyl (C=O) groups is 1. The van der Waals surface area contributed by atoms with E-state index in [4.69, 9.17) is 5.73 Å². The predicted octanol–water partition coefficient (Wildman–Crippen LogP) is 1.71. The quantitative estimate of drug-likeness (QED) is 0.868. The summed E-state index contributed by atoms with van der Waals surface area (Å²) in [5.74, 6) is 0.577. The molecule has 3 N–H and O–H groups in total. The lowest BCUT2D eigenvalue weighted by Gasteiger charge is -2.19. The summed E-state index contributed by atoms with van der Waals surface area (Å²) in [4.78, 5) is 17.6. The number of nitrogens with zero attached hydrogens (tertiary/aromatic N) is 2. The number of likely N-dealkylation sites (N-methyl/N-ethyl adjacent to an activating group) is 1. The molecule has 94 valence electrons. The van der Waals surface area contributed by atoms with Crippen molar-refractivity contribution < 1.29 is 4.79 Å². The van der Waals surface area contributed by atoms with E-state index in [1.165, 1.54) is 0 Å². The first-order valence-corrected chi connectivity index (χ1v) is 6.30. The van der Waals surface area contributed by atoms with Crippen LogP contribution >= 0.6 is 15.9 Å². The molecule has 0 aliphatic heterocycles. The van der Waals surface area contributed by atoms with Gasteiger partial charge < -0.3 is 16.0 Å². The normalized spacial score (nSPS) is 10.1. The van der Waals surface area contributed by atoms with Crippen molar-refractivity contribution in [2.24, 2.45) is 0 Å². The molecule has 0 bridgehead atoms. The summed E-state index contributed by atoms with van der Waals surface area (Å²) in [6.07, 6.45) is 1.64. The topological polar surface area (TPSA) is 71.2 Å². The third kappa shape index (κ3) is 3.89. The standard InChI is InChI=1S/C11H17BrN4O/c1-3-16(4-2)10(17)7-15-11-9(13)5-8(12)6-14-11/h5-6H,3-4,7,13H2,1-2H3,(H,14,15). The van der Waals surface area contributed by atoms with Gasteiger partial charge in [0.1, 0.15) is 5.82 Å². The minimum absolute atomic E-state index is 0.0409. The second-order valence-corrected chi connectivity index (χ2v) is 4.43. The summed E-state index contributed by atoms with van der Waals surface area (Å²) < 4.78 is 0.815. The second-order valence-electron chi connectivity index (χ2n) is 3.51. The summed E-state index contributed by atoms with van der Waals surface area (Å²) in [5, 5.41) is 2.94. The van der Waals surface area contributed by atoms with E-state index in [0.717, 1.165) is 4.47 Å². The van der Waals surface area contributed by atoms with Crippen LogP contribution in [-0.2, 0) is 4.79 Å². The molecule has 6 heteroatoms. The molecule has 1 aromatic heterocycles. The summed E-state index contributed by atoms with van der Waals surface area (Å²) in [6.45, 7) is 5.53. The Hall–Kier alpha value is -1.30. The number of amides is 1. The molecule has 5 nitrogen and oxygen atoms in total. The van der Waals surface area contributed by atoms with Crippen molar-refractivity contribution in [1.29, 1.82) is 0 Å². The largest absolute Gasteiger partial charge is 0.396 e. The molecular formula is C11H17BrN4O. The molecule has 0 saturated carbocycles. The third-order valence-electron chi connectivity index (χ3n) is 2.41. The number of nitrogens with one attached hydrogen (secondary N) is 1. The highest BCUT2D eigenvalue weighted by molar-refractivity contribution is 9.10. The van der Waals surface area contributed by atoms with Gasteiger partial charge in [0.15, 0.2) is 0 Å². The fraction of sp³-hybridized carbons (Fsp3) is 0.455. The number of halogens is 1. The summed E-state index contributed by atoms with van der Waals surface area (Å²) >= 11 is 3.28. The number of hydrogen-bond acceptors (Lipinski definition) is 4. The SMILES string of the molecule is CCN(CC)C(=O)CNc1ncc(Br)cc1N. The maximum atomic E-state index is 11.7. The van der Waals surface area contributed by atoms with E-state index in [2.05, 4.69) is 26.2 Å². The number of anilines is 2. The molecule has 0 saturated heterocycles. The van der Waals surface area contributed by atoms with Crippen LogP contribution in [0.15, 0.2) is 16.7 Å². The molecule has 1 amide bonds. The van der Waals surface area contributed by atoms with Gasteiger partial charge in [0.25, 0.3) is 0 Å². The van der Waals surface area contributed by atoms with Crippen LogP contribution in [0.2, 0.25) is 0 Å². The maximum absolute atomic E-state index is 11.7. The zero-order valence-electron chi connectivity index (χ0n) is 10.0. The smallest absolute Gasteiger partial charge is 0.241 e. The third-order valence-corrected chi connectivity index (χ3v) is 2.84. The molecule has 1 rings (SSSR count). The molecule has 0 unspecified atom stereocenters. The van der Waals surface area contributed by atoms with Crippen LogP contribution in [0.1, 0.15) is 13.8 Å². The number of rotatable bonds is 5. The highest BCUT2D eigenvalue weighted by Gasteiger charge is 2.10. The van der Waals surface area contributed by atoms with Crippen LogP contribution in [0.4, 0.5) is 11.5 Å². The number of hydrogen-bond donors (Lipinski definition) is 2. The van der Waals surface area contributed by atoms with Gasteiger partial charge in [-0.25, -0.2) is 4.98 Å². The van der Waals surface area contributed by atoms with Gasteiger partial charge in [-0.05, 0) is 35.8 Å². The second kappa shape index (κ2) is 6.44. The lowest BCUT2D eigenvalue weighted by Crippen LogP contribution is -2.35. The number of aromatic nitrogens is 1. The van der Waals surface area contributed by atoms with Crippen LogP contribution in [0.5, 0.6) is 0 Å². The fourth-order valence-electron chi connectivity index (χ4n) is 1.45. The van der Waals surface area contributed by atoms with Crippen molar-refractivity contribution in [3.63, 3.8) is 0 Å². The van der Waals surface area contributed by atoms with Gasteiger partial charge in [-0.2, -0.15) is 0 Å². The van der Waals surface area contributed by atoms with E-state index in [9.17, 15) is 4.79 Å². The molecule has 0 aliphatic rings. The predicted molar refractivity (Wildman–Crippen MR) is 72.8 cm³/mol. The van der Waals surface area contributed by atoms with E-state index in [0.29, 0.717) is 24.6 Å². The molecule has 0 spiro atoms. The van der Waals surface area contributed by atoms with Crippen LogP contribution < -0.4 is 11.1 Å². The molecule has 17 heavy (non-hydrogen) atoms. The van der Waals surface area contributed by atoms with Gasteiger partial charge in [-0.3, -0.25) is 4.79 Å². The highest BCUT2D eigenvalue weighted by atomic mass is 79.9. The van der Waals surface area contributed by atoms with E-state index < -0.39 is 0 Å². The fourth-order valence-corrected chi connectivity index (χ4v) is 1.80. The van der Waals surface area contributed by atoms with Crippen molar-refractivity contribution in [3.8, 4) is 0 Å². The van der Waals surface area contributed by atoms with E-state index in [-0.39, 0.29) is 12.5 Å². The van der Waals surface area contributed by atoms with Gasteiger partial charge in [-0.1, -0.05) is 0 Å². The van der Waals surface area contributed by atoms with Crippen LogP contribution in [0.3, 0.4) is 0 Å². The molecule has 1 heterocycles. The zero-order chi connectivity index (χ0) is 12.8. The van der Waals surface area contributed by atoms with Gasteiger partial charge in [0.2, 0.25) is 5.91 Å². The minimum atomic E-state index is 0.0409. The van der Waals surface area contributed by atoms with Gasteiger partial charge in [0, 0.05) is 23.8 Å². The zero-order valence-corrected chi connectivity index (χ0v) is 11.6. The summed E-state index contributed by atoms with van der Waals surface area (Å²) in [5.41, 5.74) is 6.29. The number of pyridine rings is 1. The average Bonchev–Trinajstić information content (AvgIpc) is 2.29. The van der Waals surface area contributed by atoms with E-state index >= 15 is 0 Å². The molecule has 0 aromatic carbocycles. The minimum Gasteiger partial charge on any atom is -0.396 e. The Labute approximate surface area is 110 Å². The van der Waals surface area contributed by atoms with E-state index in [1.54, 1.807) is 17.2 Å². The first kappa shape index (κ1) is 13.8. The van der Waals surface area contributed by atoms with Crippen molar-refractivity contribution in [3.05, 3.63) is 16.7 Å². The monoisotopic (exact) mass is 300 g/mol. The molecule has 0 fully saturated rings. The molecular weight excluding hydrogens is 284 g/mol. The Morgan fingerprint density at radius 1 is 1.53 bits per heavy atom. The maximum Gasteiger partial charge on any atom is 0.241 e. The van der Waals surface area contributed by atoms with Gasteiger partial charge in [0.05, 0.1) is 12.2 Å².